The first-order valence-corrected chi connectivity index (χ1v) is 6.48. The average molecular weight is 265 g/mol. The Labute approximate surface area is 110 Å². The molecule has 0 aliphatic carbocycles. The Morgan fingerprint density at radius 1 is 1.24 bits per heavy atom. The summed E-state index contributed by atoms with van der Waals surface area (Å²) in [6.07, 6.45) is 1.74. The quantitative estimate of drug-likeness (QED) is 0.920. The van der Waals surface area contributed by atoms with Gasteiger partial charge in [0.15, 0.2) is 0 Å². The summed E-state index contributed by atoms with van der Waals surface area (Å²) in [7, 11) is 0. The van der Waals surface area contributed by atoms with E-state index in [-0.39, 0.29) is 0 Å². The average Bonchev–Trinajstić information content (AvgIpc) is 2.35. The Balaban J connectivity index is 2.27. The van der Waals surface area contributed by atoms with Crippen LogP contribution >= 0.6 is 23.4 Å². The Morgan fingerprint density at radius 2 is 1.94 bits per heavy atom. The van der Waals surface area contributed by atoms with Gasteiger partial charge in [0.1, 0.15) is 5.03 Å². The van der Waals surface area contributed by atoms with E-state index in [1.54, 1.807) is 18.0 Å². The molecule has 4 heteroatoms. The van der Waals surface area contributed by atoms with E-state index in [4.69, 9.17) is 17.3 Å². The molecule has 1 aromatic heterocycles. The highest BCUT2D eigenvalue weighted by Crippen LogP contribution is 2.33. The van der Waals surface area contributed by atoms with Crippen molar-refractivity contribution < 1.29 is 0 Å². The molecule has 0 aliphatic heterocycles. The molecule has 88 valence electrons. The lowest BCUT2D eigenvalue weighted by atomic mass is 10.2. The van der Waals surface area contributed by atoms with Crippen molar-refractivity contribution in [3.63, 3.8) is 0 Å². The number of hydrogen-bond donors (Lipinski definition) is 1. The van der Waals surface area contributed by atoms with Gasteiger partial charge in [-0.3, -0.25) is 0 Å². The van der Waals surface area contributed by atoms with Crippen LogP contribution in [0.15, 0.2) is 46.5 Å². The Hall–Kier alpha value is -1.03. The van der Waals surface area contributed by atoms with Crippen LogP contribution in [0.25, 0.3) is 0 Å². The molecule has 0 radical (unpaired) electrons. The van der Waals surface area contributed by atoms with Crippen molar-refractivity contribution in [2.24, 2.45) is 5.73 Å². The molecule has 1 aromatic carbocycles. The normalized spacial score (nSPS) is 10.5. The molecule has 2 nitrogen and oxygen atoms in total. The third kappa shape index (κ3) is 3.00. The van der Waals surface area contributed by atoms with Crippen LogP contribution < -0.4 is 5.73 Å². The van der Waals surface area contributed by atoms with Crippen molar-refractivity contribution in [1.82, 2.24) is 4.98 Å². The minimum absolute atomic E-state index is 0.433. The number of benzene rings is 1. The van der Waals surface area contributed by atoms with Gasteiger partial charge in [-0.1, -0.05) is 41.1 Å². The molecule has 0 bridgehead atoms. The van der Waals surface area contributed by atoms with Crippen LogP contribution in [0.1, 0.15) is 11.1 Å². The van der Waals surface area contributed by atoms with Crippen LogP contribution in [0.3, 0.4) is 0 Å². The van der Waals surface area contributed by atoms with Gasteiger partial charge in [-0.05, 0) is 30.7 Å². The Bertz CT molecular complexity index is 511. The minimum atomic E-state index is 0.433. The van der Waals surface area contributed by atoms with Crippen LogP contribution in [0.2, 0.25) is 5.02 Å². The van der Waals surface area contributed by atoms with Gasteiger partial charge in [0.05, 0.1) is 5.02 Å². The molecule has 2 rings (SSSR count). The number of halogens is 1. The molecular formula is C13H13ClN2S. The van der Waals surface area contributed by atoms with Gasteiger partial charge < -0.3 is 5.73 Å². The van der Waals surface area contributed by atoms with Gasteiger partial charge in [0, 0.05) is 17.6 Å². The van der Waals surface area contributed by atoms with Crippen molar-refractivity contribution >= 4 is 23.4 Å². The molecule has 17 heavy (non-hydrogen) atoms. The van der Waals surface area contributed by atoms with Crippen molar-refractivity contribution in [3.8, 4) is 0 Å². The molecule has 1 heterocycles. The zero-order chi connectivity index (χ0) is 12.3. The third-order valence-electron chi connectivity index (χ3n) is 2.39. The Morgan fingerprint density at radius 3 is 2.59 bits per heavy atom. The lowest BCUT2D eigenvalue weighted by molar-refractivity contribution is 1.02. The van der Waals surface area contributed by atoms with E-state index >= 15 is 0 Å². The van der Waals surface area contributed by atoms with Crippen LogP contribution in [0, 0.1) is 6.92 Å². The summed E-state index contributed by atoms with van der Waals surface area (Å²) in [5, 5.41) is 1.46. The number of aryl methyl sites for hydroxylation is 1. The lowest BCUT2D eigenvalue weighted by Crippen LogP contribution is -1.98. The van der Waals surface area contributed by atoms with Crippen molar-refractivity contribution in [2.75, 3.05) is 0 Å². The SMILES string of the molecule is Cc1ccc(Sc2nccc(CN)c2Cl)cc1. The predicted molar refractivity (Wildman–Crippen MR) is 72.4 cm³/mol. The van der Waals surface area contributed by atoms with Crippen molar-refractivity contribution in [3.05, 3.63) is 52.7 Å². The summed E-state index contributed by atoms with van der Waals surface area (Å²) in [4.78, 5) is 5.40. The number of nitrogens with two attached hydrogens (primary N) is 1. The Kier molecular flexibility index (Phi) is 4.05. The smallest absolute Gasteiger partial charge is 0.120 e. The molecule has 2 aromatic rings. The highest BCUT2D eigenvalue weighted by molar-refractivity contribution is 7.99. The van der Waals surface area contributed by atoms with Gasteiger partial charge in [-0.15, -0.1) is 0 Å². The summed E-state index contributed by atoms with van der Waals surface area (Å²) in [6.45, 7) is 2.50. The van der Waals surface area contributed by atoms with Crippen molar-refractivity contribution in [1.29, 1.82) is 0 Å². The topological polar surface area (TPSA) is 38.9 Å². The number of aromatic nitrogens is 1. The highest BCUT2D eigenvalue weighted by atomic mass is 35.5. The monoisotopic (exact) mass is 264 g/mol. The minimum Gasteiger partial charge on any atom is -0.326 e. The maximum atomic E-state index is 6.23. The zero-order valence-electron chi connectivity index (χ0n) is 9.48. The van der Waals surface area contributed by atoms with Crippen LogP contribution in [-0.2, 0) is 6.54 Å². The fraction of sp³-hybridized carbons (Fsp3) is 0.154. The fourth-order valence-electron chi connectivity index (χ4n) is 1.41. The molecule has 0 atom stereocenters. The summed E-state index contributed by atoms with van der Waals surface area (Å²) in [5.74, 6) is 0. The van der Waals surface area contributed by atoms with E-state index in [9.17, 15) is 0 Å². The molecular weight excluding hydrogens is 252 g/mol. The van der Waals surface area contributed by atoms with E-state index in [1.165, 1.54) is 5.56 Å². The second-order valence-corrected chi connectivity index (χ2v) is 5.15. The first kappa shape index (κ1) is 12.4. The zero-order valence-corrected chi connectivity index (χ0v) is 11.1. The van der Waals surface area contributed by atoms with Crippen LogP contribution in [-0.4, -0.2) is 4.98 Å². The van der Waals surface area contributed by atoms with Crippen LogP contribution in [0.5, 0.6) is 0 Å². The van der Waals surface area contributed by atoms with E-state index in [1.807, 2.05) is 6.07 Å². The van der Waals surface area contributed by atoms with E-state index in [0.717, 1.165) is 15.5 Å². The van der Waals surface area contributed by atoms with E-state index in [0.29, 0.717) is 11.6 Å². The summed E-state index contributed by atoms with van der Waals surface area (Å²) in [6, 6.07) is 10.1. The van der Waals surface area contributed by atoms with Gasteiger partial charge in [-0.25, -0.2) is 4.98 Å². The summed E-state index contributed by atoms with van der Waals surface area (Å²) in [5.41, 5.74) is 7.78. The first-order chi connectivity index (χ1) is 8.20. The molecule has 2 N–H and O–H groups in total. The maximum absolute atomic E-state index is 6.23. The molecule has 0 aliphatic rings. The molecule has 0 saturated heterocycles. The lowest BCUT2D eigenvalue weighted by Gasteiger charge is -2.06. The largest absolute Gasteiger partial charge is 0.326 e. The second-order valence-electron chi connectivity index (χ2n) is 3.71. The second kappa shape index (κ2) is 5.54. The molecule has 0 spiro atoms. The van der Waals surface area contributed by atoms with Gasteiger partial charge >= 0.3 is 0 Å². The van der Waals surface area contributed by atoms with E-state index < -0.39 is 0 Å². The summed E-state index contributed by atoms with van der Waals surface area (Å²) >= 11 is 7.78. The van der Waals surface area contributed by atoms with Gasteiger partial charge in [0.2, 0.25) is 0 Å². The fourth-order valence-corrected chi connectivity index (χ4v) is 2.54. The standard InChI is InChI=1S/C13H13ClN2S/c1-9-2-4-11(5-3-9)17-13-12(14)10(8-15)6-7-16-13/h2-7H,8,15H2,1H3. The van der Waals surface area contributed by atoms with Crippen molar-refractivity contribution in [2.45, 2.75) is 23.4 Å². The molecule has 0 fully saturated rings. The summed E-state index contributed by atoms with van der Waals surface area (Å²) < 4.78 is 0. The first-order valence-electron chi connectivity index (χ1n) is 5.28. The molecule has 0 saturated carbocycles. The van der Waals surface area contributed by atoms with Gasteiger partial charge in [-0.2, -0.15) is 0 Å². The van der Waals surface area contributed by atoms with E-state index in [2.05, 4.69) is 36.2 Å². The molecule has 0 amide bonds. The third-order valence-corrected chi connectivity index (χ3v) is 3.94. The van der Waals surface area contributed by atoms with Crippen LogP contribution in [0.4, 0.5) is 0 Å². The number of rotatable bonds is 3. The maximum Gasteiger partial charge on any atom is 0.120 e. The molecule has 0 unspecified atom stereocenters. The number of nitrogens with zero attached hydrogens (tertiary/aromatic N) is 1. The predicted octanol–water partition coefficient (Wildman–Crippen LogP) is 3.65. The highest BCUT2D eigenvalue weighted by Gasteiger charge is 2.07. The van der Waals surface area contributed by atoms with Gasteiger partial charge in [0.25, 0.3) is 0 Å². The number of pyridine rings is 1. The number of hydrogen-bond acceptors (Lipinski definition) is 3.